The monoisotopic (exact) mass is 330 g/mol. The van der Waals surface area contributed by atoms with Crippen molar-refractivity contribution in [2.75, 3.05) is 26.2 Å². The number of halogens is 1. The highest BCUT2D eigenvalue weighted by Crippen LogP contribution is 2.17. The molecule has 7 heteroatoms. The van der Waals surface area contributed by atoms with Crippen LogP contribution in [0.25, 0.3) is 0 Å². The number of hydrogen-bond acceptors (Lipinski definition) is 3. The van der Waals surface area contributed by atoms with Gasteiger partial charge < -0.3 is 21.3 Å². The summed E-state index contributed by atoms with van der Waals surface area (Å²) in [6.45, 7) is 2.44. The molecule has 0 aromatic carbocycles. The molecule has 2 rings (SSSR count). The van der Waals surface area contributed by atoms with E-state index in [9.17, 15) is 9.59 Å². The van der Waals surface area contributed by atoms with Crippen LogP contribution in [0.15, 0.2) is 11.6 Å². The number of carbonyl (C=O) groups is 2. The molecule has 0 saturated heterocycles. The molecule has 4 N–H and O–H groups in total. The molecule has 0 unspecified atom stereocenters. The molecule has 1 aliphatic heterocycles. The van der Waals surface area contributed by atoms with Gasteiger partial charge in [0.25, 0.3) is 0 Å². The van der Waals surface area contributed by atoms with E-state index in [2.05, 4.69) is 27.3 Å². The predicted molar refractivity (Wildman–Crippen MR) is 89.2 cm³/mol. The number of carbonyl (C=O) groups excluding carboxylic acids is 2. The Morgan fingerprint density at radius 3 is 2.64 bits per heavy atom. The molecule has 1 fully saturated rings. The van der Waals surface area contributed by atoms with Gasteiger partial charge in [0.1, 0.15) is 0 Å². The third-order valence-corrected chi connectivity index (χ3v) is 4.02. The Morgan fingerprint density at radius 2 is 1.95 bits per heavy atom. The molecule has 1 aliphatic carbocycles. The second-order valence-corrected chi connectivity index (χ2v) is 5.76. The number of rotatable bonds is 5. The zero-order valence-electron chi connectivity index (χ0n) is 13.0. The Bertz CT molecular complexity index is 395. The SMILES string of the molecule is Cl.O=C(CNC(=O)NC1CCCCC1)NCC1=CCNCC1. The van der Waals surface area contributed by atoms with E-state index in [1.807, 2.05) is 0 Å². The van der Waals surface area contributed by atoms with Crippen molar-refractivity contribution >= 4 is 24.3 Å². The highest BCUT2D eigenvalue weighted by atomic mass is 35.5. The van der Waals surface area contributed by atoms with Crippen LogP contribution in [0.2, 0.25) is 0 Å². The average Bonchev–Trinajstić information content (AvgIpc) is 2.53. The molecule has 2 aliphatic rings. The average molecular weight is 331 g/mol. The van der Waals surface area contributed by atoms with Crippen molar-refractivity contribution in [2.24, 2.45) is 0 Å². The summed E-state index contributed by atoms with van der Waals surface area (Å²) < 4.78 is 0. The zero-order valence-corrected chi connectivity index (χ0v) is 13.8. The van der Waals surface area contributed by atoms with Crippen molar-refractivity contribution in [3.8, 4) is 0 Å². The van der Waals surface area contributed by atoms with Crippen LogP contribution < -0.4 is 21.3 Å². The van der Waals surface area contributed by atoms with Gasteiger partial charge in [0.15, 0.2) is 0 Å². The number of hydrogen-bond donors (Lipinski definition) is 4. The van der Waals surface area contributed by atoms with Crippen LogP contribution in [-0.2, 0) is 4.79 Å². The first-order valence-corrected chi connectivity index (χ1v) is 7.94. The van der Waals surface area contributed by atoms with Crippen LogP contribution in [0.3, 0.4) is 0 Å². The van der Waals surface area contributed by atoms with Gasteiger partial charge >= 0.3 is 6.03 Å². The molecule has 0 aromatic rings. The molecular weight excluding hydrogens is 304 g/mol. The number of amides is 3. The van der Waals surface area contributed by atoms with Crippen molar-refractivity contribution in [3.05, 3.63) is 11.6 Å². The molecule has 0 spiro atoms. The van der Waals surface area contributed by atoms with Crippen LogP contribution in [0.1, 0.15) is 38.5 Å². The lowest BCUT2D eigenvalue weighted by molar-refractivity contribution is -0.119. The Balaban J connectivity index is 0.00000242. The fourth-order valence-electron chi connectivity index (χ4n) is 2.75. The summed E-state index contributed by atoms with van der Waals surface area (Å²) in [5.74, 6) is -0.145. The molecule has 6 nitrogen and oxygen atoms in total. The molecule has 3 amide bonds. The summed E-state index contributed by atoms with van der Waals surface area (Å²) in [6.07, 6.45) is 8.77. The largest absolute Gasteiger partial charge is 0.351 e. The summed E-state index contributed by atoms with van der Waals surface area (Å²) in [4.78, 5) is 23.4. The Kier molecular flexibility index (Phi) is 8.92. The highest BCUT2D eigenvalue weighted by Gasteiger charge is 2.15. The van der Waals surface area contributed by atoms with Gasteiger partial charge in [-0.05, 0) is 25.8 Å². The quantitative estimate of drug-likeness (QED) is 0.569. The van der Waals surface area contributed by atoms with Crippen molar-refractivity contribution < 1.29 is 9.59 Å². The fraction of sp³-hybridized carbons (Fsp3) is 0.733. The van der Waals surface area contributed by atoms with E-state index in [0.29, 0.717) is 6.54 Å². The van der Waals surface area contributed by atoms with E-state index in [4.69, 9.17) is 0 Å². The van der Waals surface area contributed by atoms with Crippen molar-refractivity contribution in [1.82, 2.24) is 21.3 Å². The van der Waals surface area contributed by atoms with Crippen LogP contribution >= 0.6 is 12.4 Å². The topological polar surface area (TPSA) is 82.3 Å². The van der Waals surface area contributed by atoms with E-state index < -0.39 is 0 Å². The van der Waals surface area contributed by atoms with Gasteiger partial charge in [-0.25, -0.2) is 4.79 Å². The predicted octanol–water partition coefficient (Wildman–Crippen LogP) is 1.08. The highest BCUT2D eigenvalue weighted by molar-refractivity contribution is 5.85. The van der Waals surface area contributed by atoms with Gasteiger partial charge in [0.2, 0.25) is 5.91 Å². The van der Waals surface area contributed by atoms with Gasteiger partial charge in [-0.3, -0.25) is 4.79 Å². The van der Waals surface area contributed by atoms with Gasteiger partial charge in [-0.1, -0.05) is 30.9 Å². The third-order valence-electron chi connectivity index (χ3n) is 4.02. The van der Waals surface area contributed by atoms with Crippen molar-refractivity contribution in [3.63, 3.8) is 0 Å². The third kappa shape index (κ3) is 7.13. The van der Waals surface area contributed by atoms with Crippen molar-refractivity contribution in [2.45, 2.75) is 44.6 Å². The van der Waals surface area contributed by atoms with Gasteiger partial charge in [0.05, 0.1) is 6.54 Å². The molecule has 0 aromatic heterocycles. The molecule has 1 heterocycles. The smallest absolute Gasteiger partial charge is 0.315 e. The zero-order chi connectivity index (χ0) is 14.9. The molecule has 0 bridgehead atoms. The maximum atomic E-state index is 11.7. The fourth-order valence-corrected chi connectivity index (χ4v) is 2.75. The molecule has 1 saturated carbocycles. The first kappa shape index (κ1) is 18.8. The molecule has 0 atom stereocenters. The first-order valence-electron chi connectivity index (χ1n) is 7.94. The minimum absolute atomic E-state index is 0. The lowest BCUT2D eigenvalue weighted by Gasteiger charge is -2.22. The number of urea groups is 1. The Hall–Kier alpha value is -1.27. The number of nitrogens with one attached hydrogen (secondary N) is 4. The Labute approximate surface area is 138 Å². The summed E-state index contributed by atoms with van der Waals surface area (Å²) in [5, 5.41) is 11.6. The van der Waals surface area contributed by atoms with E-state index >= 15 is 0 Å². The normalized spacial score (nSPS) is 18.6. The van der Waals surface area contributed by atoms with Gasteiger partial charge in [0, 0.05) is 19.1 Å². The summed E-state index contributed by atoms with van der Waals surface area (Å²) in [5.41, 5.74) is 1.24. The van der Waals surface area contributed by atoms with Gasteiger partial charge in [-0.2, -0.15) is 0 Å². The lowest BCUT2D eigenvalue weighted by atomic mass is 9.96. The maximum Gasteiger partial charge on any atom is 0.315 e. The summed E-state index contributed by atoms with van der Waals surface area (Å²) >= 11 is 0. The van der Waals surface area contributed by atoms with Crippen LogP contribution in [0.4, 0.5) is 4.79 Å². The van der Waals surface area contributed by atoms with Gasteiger partial charge in [-0.15, -0.1) is 12.4 Å². The minimum Gasteiger partial charge on any atom is -0.351 e. The molecule has 126 valence electrons. The van der Waals surface area contributed by atoms with E-state index in [-0.39, 0.29) is 36.9 Å². The molecule has 22 heavy (non-hydrogen) atoms. The second-order valence-electron chi connectivity index (χ2n) is 5.76. The minimum atomic E-state index is -0.238. The van der Waals surface area contributed by atoms with E-state index in [1.54, 1.807) is 0 Å². The molecular formula is C15H27ClN4O2. The lowest BCUT2D eigenvalue weighted by Crippen LogP contribution is -2.46. The second kappa shape index (κ2) is 10.5. The van der Waals surface area contributed by atoms with Crippen molar-refractivity contribution in [1.29, 1.82) is 0 Å². The van der Waals surface area contributed by atoms with Crippen LogP contribution in [-0.4, -0.2) is 44.2 Å². The standard InChI is InChI=1S/C15H26N4O2.ClH/c20-14(17-10-12-6-8-16-9-7-12)11-18-15(21)19-13-4-2-1-3-5-13;/h6,13,16H,1-5,7-11H2,(H,17,20)(H2,18,19,21);1H. The first-order chi connectivity index (χ1) is 10.2. The van der Waals surface area contributed by atoms with Crippen LogP contribution in [0, 0.1) is 0 Å². The van der Waals surface area contributed by atoms with Crippen LogP contribution in [0.5, 0.6) is 0 Å². The van der Waals surface area contributed by atoms with E-state index in [1.165, 1.54) is 24.8 Å². The summed E-state index contributed by atoms with van der Waals surface area (Å²) in [7, 11) is 0. The van der Waals surface area contributed by atoms with E-state index in [0.717, 1.165) is 32.4 Å². The Morgan fingerprint density at radius 1 is 1.18 bits per heavy atom. The summed E-state index contributed by atoms with van der Waals surface area (Å²) in [6, 6.07) is 0.0276. The molecule has 0 radical (unpaired) electrons. The maximum absolute atomic E-state index is 11.7.